The van der Waals surface area contributed by atoms with Crippen LogP contribution in [-0.4, -0.2) is 42.8 Å². The van der Waals surface area contributed by atoms with Gasteiger partial charge in [-0.3, -0.25) is 0 Å². The Balaban J connectivity index is 1.38. The van der Waals surface area contributed by atoms with E-state index in [1.165, 1.54) is 128 Å². The van der Waals surface area contributed by atoms with E-state index in [4.69, 9.17) is 9.98 Å². The molecule has 0 heterocycles. The minimum atomic E-state index is 0.490. The Morgan fingerprint density at radius 3 is 0.879 bits per heavy atom. The van der Waals surface area contributed by atoms with Crippen LogP contribution in [0, 0.1) is 0 Å². The summed E-state index contributed by atoms with van der Waals surface area (Å²) < 4.78 is 0. The molecule has 0 bridgehead atoms. The van der Waals surface area contributed by atoms with Gasteiger partial charge in [-0.1, -0.05) is 77.0 Å². The molecule has 0 aromatic heterocycles. The fraction of sp³-hybridized carbons (Fsp3) is 0.926. The monoisotopic (exact) mass is 458 g/mol. The van der Waals surface area contributed by atoms with E-state index in [1.807, 2.05) is 0 Å². The number of guanidine groups is 2. The summed E-state index contributed by atoms with van der Waals surface area (Å²) in [6, 6.07) is 2.27. The molecule has 0 unspecified atom stereocenters. The molecule has 4 fully saturated rings. The van der Waals surface area contributed by atoms with Crippen LogP contribution in [0.5, 0.6) is 0 Å². The minimum Gasteiger partial charge on any atom is -0.354 e. The molecule has 0 aromatic carbocycles. The maximum absolute atomic E-state index is 4.96. The molecule has 6 nitrogen and oxygen atoms in total. The van der Waals surface area contributed by atoms with Gasteiger partial charge in [-0.15, -0.1) is 0 Å². The molecular weight excluding hydrogens is 408 g/mol. The maximum atomic E-state index is 4.96. The highest BCUT2D eigenvalue weighted by Gasteiger charge is 2.20. The van der Waals surface area contributed by atoms with Crippen LogP contribution in [0.4, 0.5) is 0 Å². The molecule has 4 rings (SSSR count). The number of aliphatic imine (C=N–C) groups is 2. The van der Waals surface area contributed by atoms with Crippen LogP contribution >= 0.6 is 0 Å². The van der Waals surface area contributed by atoms with Crippen LogP contribution in [0.25, 0.3) is 0 Å². The molecule has 0 amide bonds. The van der Waals surface area contributed by atoms with Gasteiger partial charge in [-0.05, 0) is 51.4 Å². The molecule has 0 spiro atoms. The SMILES string of the molecule is C1CCC(NC(=NCN=C(NC2CCCCC2)NC2CCCCC2)NC2CCCCC2)CC1. The van der Waals surface area contributed by atoms with E-state index in [1.54, 1.807) is 0 Å². The average Bonchev–Trinajstić information content (AvgIpc) is 2.86. The molecule has 4 N–H and O–H groups in total. The largest absolute Gasteiger partial charge is 0.354 e. The molecule has 4 aliphatic carbocycles. The van der Waals surface area contributed by atoms with Crippen molar-refractivity contribution in [2.75, 3.05) is 6.67 Å². The number of rotatable bonds is 6. The predicted molar refractivity (Wildman–Crippen MR) is 140 cm³/mol. The summed E-state index contributed by atoms with van der Waals surface area (Å²) >= 11 is 0. The number of nitrogens with zero attached hydrogens (tertiary/aromatic N) is 2. The van der Waals surface area contributed by atoms with Crippen molar-refractivity contribution in [3.05, 3.63) is 0 Å². The zero-order valence-corrected chi connectivity index (χ0v) is 21.1. The third-order valence-corrected chi connectivity index (χ3v) is 8.24. The fourth-order valence-corrected chi connectivity index (χ4v) is 6.20. The molecule has 188 valence electrons. The first kappa shape index (κ1) is 24.7. The van der Waals surface area contributed by atoms with E-state index < -0.39 is 0 Å². The molecule has 6 heteroatoms. The zero-order valence-electron chi connectivity index (χ0n) is 21.1. The van der Waals surface area contributed by atoms with Gasteiger partial charge in [-0.2, -0.15) is 0 Å². The van der Waals surface area contributed by atoms with E-state index in [0.717, 1.165) is 11.9 Å². The van der Waals surface area contributed by atoms with E-state index in [-0.39, 0.29) is 0 Å². The molecule has 0 saturated heterocycles. The standard InChI is InChI=1S/C27H50N6/c1-5-13-22(14-6-1)30-26(31-23-15-7-2-8-16-23)28-21-29-27(32-24-17-9-3-10-18-24)33-25-19-11-4-12-20-25/h22-25H,1-21H2,(H2,28,30,31)(H2,29,32,33). The van der Waals surface area contributed by atoms with Crippen LogP contribution in [0.3, 0.4) is 0 Å². The summed E-state index contributed by atoms with van der Waals surface area (Å²) in [6.07, 6.45) is 26.4. The first-order valence-corrected chi connectivity index (χ1v) is 14.5. The van der Waals surface area contributed by atoms with Crippen LogP contribution < -0.4 is 21.3 Å². The molecule has 0 aromatic rings. The van der Waals surface area contributed by atoms with Crippen molar-refractivity contribution in [1.29, 1.82) is 0 Å². The summed E-state index contributed by atoms with van der Waals surface area (Å²) in [5, 5.41) is 15.1. The quantitative estimate of drug-likeness (QED) is 0.320. The first-order valence-electron chi connectivity index (χ1n) is 14.5. The van der Waals surface area contributed by atoms with Crippen molar-refractivity contribution in [1.82, 2.24) is 21.3 Å². The molecule has 0 radical (unpaired) electrons. The lowest BCUT2D eigenvalue weighted by Crippen LogP contribution is -2.49. The van der Waals surface area contributed by atoms with Crippen LogP contribution in [-0.2, 0) is 0 Å². The van der Waals surface area contributed by atoms with Crippen molar-refractivity contribution < 1.29 is 0 Å². The zero-order chi connectivity index (χ0) is 22.6. The fourth-order valence-electron chi connectivity index (χ4n) is 6.20. The molecule has 0 atom stereocenters. The van der Waals surface area contributed by atoms with Gasteiger partial charge in [0.25, 0.3) is 0 Å². The van der Waals surface area contributed by atoms with Crippen molar-refractivity contribution in [2.45, 2.75) is 153 Å². The number of nitrogens with one attached hydrogen (secondary N) is 4. The normalized spacial score (nSPS) is 24.0. The molecule has 33 heavy (non-hydrogen) atoms. The second-order valence-corrected chi connectivity index (χ2v) is 11.1. The highest BCUT2D eigenvalue weighted by molar-refractivity contribution is 5.82. The van der Waals surface area contributed by atoms with E-state index in [0.29, 0.717) is 30.8 Å². The average molecular weight is 459 g/mol. The van der Waals surface area contributed by atoms with Gasteiger partial charge in [-0.25, -0.2) is 9.98 Å². The third-order valence-electron chi connectivity index (χ3n) is 8.24. The van der Waals surface area contributed by atoms with Crippen LogP contribution in [0.15, 0.2) is 9.98 Å². The molecule has 0 aliphatic heterocycles. The first-order chi connectivity index (χ1) is 16.3. The minimum absolute atomic E-state index is 0.490. The van der Waals surface area contributed by atoms with Gasteiger partial charge < -0.3 is 21.3 Å². The highest BCUT2D eigenvalue weighted by Crippen LogP contribution is 2.20. The number of hydrogen-bond donors (Lipinski definition) is 4. The van der Waals surface area contributed by atoms with Gasteiger partial charge in [0, 0.05) is 24.2 Å². The van der Waals surface area contributed by atoms with E-state index >= 15 is 0 Å². The Labute approximate surface area is 202 Å². The van der Waals surface area contributed by atoms with Gasteiger partial charge in [0.2, 0.25) is 0 Å². The van der Waals surface area contributed by atoms with Crippen molar-refractivity contribution in [3.8, 4) is 0 Å². The molecule has 4 aliphatic rings. The van der Waals surface area contributed by atoms with Crippen molar-refractivity contribution in [2.24, 2.45) is 9.98 Å². The predicted octanol–water partition coefficient (Wildman–Crippen LogP) is 5.35. The van der Waals surface area contributed by atoms with Gasteiger partial charge >= 0.3 is 0 Å². The Morgan fingerprint density at radius 1 is 0.394 bits per heavy atom. The lowest BCUT2D eigenvalue weighted by atomic mass is 9.95. The maximum Gasteiger partial charge on any atom is 0.193 e. The van der Waals surface area contributed by atoms with Crippen LogP contribution in [0.2, 0.25) is 0 Å². The molecule has 4 saturated carbocycles. The third kappa shape index (κ3) is 9.01. The van der Waals surface area contributed by atoms with Gasteiger partial charge in [0.15, 0.2) is 11.9 Å². The topological polar surface area (TPSA) is 72.8 Å². The lowest BCUT2D eigenvalue weighted by Gasteiger charge is -2.30. The van der Waals surface area contributed by atoms with Crippen molar-refractivity contribution >= 4 is 11.9 Å². The highest BCUT2D eigenvalue weighted by atomic mass is 15.2. The summed E-state index contributed by atoms with van der Waals surface area (Å²) in [5.74, 6) is 1.99. The summed E-state index contributed by atoms with van der Waals surface area (Å²) in [6.45, 7) is 0.490. The summed E-state index contributed by atoms with van der Waals surface area (Å²) in [7, 11) is 0. The second kappa shape index (κ2) is 14.1. The Bertz CT molecular complexity index is 498. The summed E-state index contributed by atoms with van der Waals surface area (Å²) in [5.41, 5.74) is 0. The molecular formula is C27H50N6. The van der Waals surface area contributed by atoms with E-state index in [9.17, 15) is 0 Å². The Kier molecular flexibility index (Phi) is 10.5. The van der Waals surface area contributed by atoms with E-state index in [2.05, 4.69) is 21.3 Å². The van der Waals surface area contributed by atoms with Crippen molar-refractivity contribution in [3.63, 3.8) is 0 Å². The summed E-state index contributed by atoms with van der Waals surface area (Å²) in [4.78, 5) is 9.93. The van der Waals surface area contributed by atoms with Crippen LogP contribution in [0.1, 0.15) is 128 Å². The number of hydrogen-bond acceptors (Lipinski definition) is 2. The Morgan fingerprint density at radius 2 is 0.636 bits per heavy atom. The lowest BCUT2D eigenvalue weighted by molar-refractivity contribution is 0.387. The van der Waals surface area contributed by atoms with Gasteiger partial charge in [0.1, 0.15) is 6.67 Å². The second-order valence-electron chi connectivity index (χ2n) is 11.1. The van der Waals surface area contributed by atoms with Gasteiger partial charge in [0.05, 0.1) is 0 Å². The smallest absolute Gasteiger partial charge is 0.193 e. The Hall–Kier alpha value is -1.46.